The first-order valence-corrected chi connectivity index (χ1v) is 12.9. The Kier molecular flexibility index (Phi) is 5.37. The van der Waals surface area contributed by atoms with Crippen LogP contribution >= 0.6 is 11.6 Å². The van der Waals surface area contributed by atoms with Crippen molar-refractivity contribution in [3.63, 3.8) is 0 Å². The van der Waals surface area contributed by atoms with Crippen LogP contribution in [-0.2, 0) is 0 Å². The van der Waals surface area contributed by atoms with Gasteiger partial charge in [0.2, 0.25) is 6.23 Å². The molecule has 0 fully saturated rings. The molecule has 2 aliphatic heterocycles. The fourth-order valence-electron chi connectivity index (χ4n) is 5.31. The number of benzene rings is 4. The lowest BCUT2D eigenvalue weighted by Gasteiger charge is -2.38. The molecule has 0 radical (unpaired) electrons. The van der Waals surface area contributed by atoms with Gasteiger partial charge in [-0.1, -0.05) is 64.8 Å². The number of aryl methyl sites for hydroxylation is 1. The summed E-state index contributed by atoms with van der Waals surface area (Å²) >= 11 is 6.11. The molecule has 7 rings (SSSR count). The number of hydrogen-bond acceptors (Lipinski definition) is 6. The largest absolute Gasteiger partial charge is 0.493 e. The van der Waals surface area contributed by atoms with Crippen LogP contribution in [0.3, 0.4) is 0 Å². The minimum Gasteiger partial charge on any atom is -0.493 e. The van der Waals surface area contributed by atoms with E-state index in [-0.39, 0.29) is 6.04 Å². The standard InChI is InChI=1S/C31H24ClN3O3/c1-18-6-8-19(9-7-18)26-17-27-23-4-3-5-28(36-2)30(23)37-31(35(27)33-26)21-12-15-25-24(16-21)29(38-34-25)20-10-13-22(32)14-11-20/h3-16,27,31H,17H2,1-2H3. The number of hydrazone groups is 1. The van der Waals surface area contributed by atoms with Crippen LogP contribution in [0, 0.1) is 6.92 Å². The molecule has 2 unspecified atom stereocenters. The van der Waals surface area contributed by atoms with E-state index in [4.69, 9.17) is 30.7 Å². The third kappa shape index (κ3) is 3.72. The Balaban J connectivity index is 1.35. The summed E-state index contributed by atoms with van der Waals surface area (Å²) < 4.78 is 18.1. The van der Waals surface area contributed by atoms with Gasteiger partial charge in [-0.2, -0.15) is 5.10 Å². The molecular weight excluding hydrogens is 498 g/mol. The minimum atomic E-state index is -0.455. The Bertz CT molecular complexity index is 1690. The lowest BCUT2D eigenvalue weighted by Crippen LogP contribution is -2.33. The summed E-state index contributed by atoms with van der Waals surface area (Å²) in [5, 5.41) is 13.0. The van der Waals surface area contributed by atoms with Crippen molar-refractivity contribution in [1.29, 1.82) is 0 Å². The van der Waals surface area contributed by atoms with Crippen LogP contribution in [0.4, 0.5) is 0 Å². The van der Waals surface area contributed by atoms with Gasteiger partial charge in [-0.15, -0.1) is 0 Å². The molecule has 5 aromatic rings. The first-order chi connectivity index (χ1) is 18.6. The third-order valence-electron chi connectivity index (χ3n) is 7.28. The van der Waals surface area contributed by atoms with Gasteiger partial charge >= 0.3 is 0 Å². The monoisotopic (exact) mass is 521 g/mol. The molecule has 0 aliphatic carbocycles. The summed E-state index contributed by atoms with van der Waals surface area (Å²) in [5.74, 6) is 2.16. The Morgan fingerprint density at radius 3 is 2.53 bits per heavy atom. The van der Waals surface area contributed by atoms with Crippen LogP contribution in [0.15, 0.2) is 94.6 Å². The van der Waals surface area contributed by atoms with Gasteiger partial charge in [-0.25, -0.2) is 5.01 Å². The number of hydrogen-bond donors (Lipinski definition) is 0. The molecule has 0 bridgehead atoms. The normalized spacial score (nSPS) is 18.1. The van der Waals surface area contributed by atoms with Crippen molar-refractivity contribution in [3.05, 3.63) is 112 Å². The highest BCUT2D eigenvalue weighted by atomic mass is 35.5. The van der Waals surface area contributed by atoms with Gasteiger partial charge in [0.15, 0.2) is 17.3 Å². The maximum Gasteiger partial charge on any atom is 0.214 e. The molecule has 0 saturated carbocycles. The average Bonchev–Trinajstić information content (AvgIpc) is 3.58. The zero-order chi connectivity index (χ0) is 25.8. The van der Waals surface area contributed by atoms with Gasteiger partial charge < -0.3 is 14.0 Å². The number of rotatable bonds is 4. The highest BCUT2D eigenvalue weighted by Crippen LogP contribution is 2.51. The molecule has 1 aromatic heterocycles. The average molecular weight is 522 g/mol. The van der Waals surface area contributed by atoms with E-state index in [2.05, 4.69) is 53.5 Å². The number of aromatic nitrogens is 1. The molecule has 2 aliphatic rings. The van der Waals surface area contributed by atoms with Crippen LogP contribution in [0.25, 0.3) is 22.2 Å². The summed E-state index contributed by atoms with van der Waals surface area (Å²) in [6.45, 7) is 2.09. The molecule has 4 aromatic carbocycles. The second-order valence-corrected chi connectivity index (χ2v) is 10.1. The van der Waals surface area contributed by atoms with E-state index < -0.39 is 6.23 Å². The summed E-state index contributed by atoms with van der Waals surface area (Å²) in [7, 11) is 1.67. The van der Waals surface area contributed by atoms with Crippen molar-refractivity contribution < 1.29 is 14.0 Å². The number of ether oxygens (including phenoxy) is 2. The molecule has 0 saturated heterocycles. The predicted molar refractivity (Wildman–Crippen MR) is 148 cm³/mol. The molecule has 38 heavy (non-hydrogen) atoms. The zero-order valence-electron chi connectivity index (χ0n) is 20.9. The maximum atomic E-state index is 6.67. The second kappa shape index (κ2) is 8.92. The molecule has 0 spiro atoms. The highest BCUT2D eigenvalue weighted by molar-refractivity contribution is 6.30. The van der Waals surface area contributed by atoms with Gasteiger partial charge in [0, 0.05) is 28.1 Å². The molecule has 2 atom stereocenters. The number of fused-ring (bicyclic) bond motifs is 4. The van der Waals surface area contributed by atoms with E-state index in [1.54, 1.807) is 7.11 Å². The van der Waals surface area contributed by atoms with Gasteiger partial charge in [-0.05, 0) is 55.0 Å². The van der Waals surface area contributed by atoms with Gasteiger partial charge in [-0.3, -0.25) is 0 Å². The SMILES string of the molecule is COc1cccc2c1OC(c1ccc3noc(-c4ccc(Cl)cc4)c3c1)N1N=C(c3ccc(C)cc3)CC21. The maximum absolute atomic E-state index is 6.67. The Morgan fingerprint density at radius 1 is 0.947 bits per heavy atom. The van der Waals surface area contributed by atoms with Crippen LogP contribution in [0.5, 0.6) is 11.5 Å². The topological polar surface area (TPSA) is 60.1 Å². The Labute approximate surface area is 225 Å². The van der Waals surface area contributed by atoms with Crippen LogP contribution in [0.2, 0.25) is 5.02 Å². The molecule has 6 nitrogen and oxygen atoms in total. The van der Waals surface area contributed by atoms with Gasteiger partial charge in [0.25, 0.3) is 0 Å². The van der Waals surface area contributed by atoms with Crippen LogP contribution in [0.1, 0.15) is 40.9 Å². The lowest BCUT2D eigenvalue weighted by atomic mass is 9.95. The van der Waals surface area contributed by atoms with Crippen molar-refractivity contribution in [1.82, 2.24) is 10.2 Å². The van der Waals surface area contributed by atoms with E-state index in [1.165, 1.54) is 5.56 Å². The Hall–Kier alpha value is -4.29. The fourth-order valence-corrected chi connectivity index (χ4v) is 5.43. The zero-order valence-corrected chi connectivity index (χ0v) is 21.6. The number of para-hydroxylation sites is 1. The molecule has 7 heteroatoms. The van der Waals surface area contributed by atoms with E-state index in [1.807, 2.05) is 48.5 Å². The highest BCUT2D eigenvalue weighted by Gasteiger charge is 2.42. The van der Waals surface area contributed by atoms with E-state index >= 15 is 0 Å². The van der Waals surface area contributed by atoms with Crippen molar-refractivity contribution in [3.8, 4) is 22.8 Å². The Morgan fingerprint density at radius 2 is 1.74 bits per heavy atom. The summed E-state index contributed by atoms with van der Waals surface area (Å²) in [4.78, 5) is 0. The second-order valence-electron chi connectivity index (χ2n) is 9.66. The van der Waals surface area contributed by atoms with E-state index in [0.717, 1.165) is 51.0 Å². The van der Waals surface area contributed by atoms with Crippen LogP contribution in [-0.4, -0.2) is 23.0 Å². The lowest BCUT2D eigenvalue weighted by molar-refractivity contribution is -0.0208. The molecule has 3 heterocycles. The minimum absolute atomic E-state index is 0.0176. The van der Waals surface area contributed by atoms with E-state index in [9.17, 15) is 0 Å². The summed E-state index contributed by atoms with van der Waals surface area (Å²) in [6.07, 6.45) is 0.318. The summed E-state index contributed by atoms with van der Waals surface area (Å²) in [6, 6.07) is 28.2. The number of nitrogens with zero attached hydrogens (tertiary/aromatic N) is 3. The first kappa shape index (κ1) is 22.9. The summed E-state index contributed by atoms with van der Waals surface area (Å²) in [5.41, 5.74) is 7.07. The molecule has 0 N–H and O–H groups in total. The number of halogens is 1. The van der Waals surface area contributed by atoms with Gasteiger partial charge in [0.05, 0.1) is 24.2 Å². The molecule has 188 valence electrons. The first-order valence-electron chi connectivity index (χ1n) is 12.5. The molecule has 0 amide bonds. The van der Waals surface area contributed by atoms with E-state index in [0.29, 0.717) is 16.5 Å². The molecular formula is C31H24ClN3O3. The third-order valence-corrected chi connectivity index (χ3v) is 7.53. The smallest absolute Gasteiger partial charge is 0.214 e. The van der Waals surface area contributed by atoms with Crippen molar-refractivity contribution >= 4 is 28.2 Å². The van der Waals surface area contributed by atoms with Gasteiger partial charge in [0.1, 0.15) is 5.52 Å². The fraction of sp³-hybridized carbons (Fsp3) is 0.161. The number of methoxy groups -OCH3 is 1. The van der Waals surface area contributed by atoms with Crippen molar-refractivity contribution in [2.75, 3.05) is 7.11 Å². The predicted octanol–water partition coefficient (Wildman–Crippen LogP) is 7.71. The van der Waals surface area contributed by atoms with Crippen molar-refractivity contribution in [2.45, 2.75) is 25.6 Å². The quantitative estimate of drug-likeness (QED) is 0.242. The van der Waals surface area contributed by atoms with Crippen LogP contribution < -0.4 is 9.47 Å². The van der Waals surface area contributed by atoms with Crippen molar-refractivity contribution in [2.24, 2.45) is 5.10 Å².